The Morgan fingerprint density at radius 2 is 1.86 bits per heavy atom. The van der Waals surface area contributed by atoms with Crippen LogP contribution in [0.4, 0.5) is 0 Å². The van der Waals surface area contributed by atoms with Crippen molar-refractivity contribution >= 4 is 5.97 Å². The van der Waals surface area contributed by atoms with Crippen LogP contribution in [0.15, 0.2) is 0 Å². The molecule has 1 heterocycles. The number of methoxy groups -OCH3 is 1. The van der Waals surface area contributed by atoms with Gasteiger partial charge >= 0.3 is 5.97 Å². The molecule has 0 spiro atoms. The molecular weight excluding hydrogens is 178 g/mol. The van der Waals surface area contributed by atoms with E-state index in [4.69, 9.17) is 0 Å². The van der Waals surface area contributed by atoms with Crippen molar-refractivity contribution in [3.63, 3.8) is 0 Å². The van der Waals surface area contributed by atoms with Gasteiger partial charge < -0.3 is 10.1 Å². The maximum absolute atomic E-state index is 10.8. The SMILES string of the molecule is C1CC1.CC.COC(=O)[C@@H]1CCNC1. The largest absolute Gasteiger partial charge is 0.469 e. The number of carbonyl (C=O) groups is 1. The van der Waals surface area contributed by atoms with E-state index in [0.29, 0.717) is 0 Å². The highest BCUT2D eigenvalue weighted by Crippen LogP contribution is 2.14. The average Bonchev–Trinajstić information content (AvgIpc) is 3.04. The van der Waals surface area contributed by atoms with Crippen LogP contribution in [0.25, 0.3) is 0 Å². The molecule has 3 nitrogen and oxygen atoms in total. The van der Waals surface area contributed by atoms with E-state index >= 15 is 0 Å². The number of esters is 1. The molecule has 3 heteroatoms. The maximum atomic E-state index is 10.8. The first-order valence-corrected chi connectivity index (χ1v) is 5.63. The lowest BCUT2D eigenvalue weighted by molar-refractivity contribution is -0.144. The zero-order valence-corrected chi connectivity index (χ0v) is 9.64. The van der Waals surface area contributed by atoms with Crippen LogP contribution in [0, 0.1) is 5.92 Å². The van der Waals surface area contributed by atoms with Gasteiger partial charge in [0.2, 0.25) is 0 Å². The molecule has 1 saturated heterocycles. The Morgan fingerprint density at radius 1 is 1.29 bits per heavy atom. The van der Waals surface area contributed by atoms with Crippen molar-refractivity contribution < 1.29 is 9.53 Å². The summed E-state index contributed by atoms with van der Waals surface area (Å²) in [4.78, 5) is 10.8. The number of carbonyl (C=O) groups excluding carboxylic acids is 1. The minimum absolute atomic E-state index is 0.0833. The number of rotatable bonds is 1. The van der Waals surface area contributed by atoms with E-state index in [2.05, 4.69) is 10.1 Å². The van der Waals surface area contributed by atoms with Gasteiger partial charge in [-0.2, -0.15) is 0 Å². The molecule has 0 aromatic carbocycles. The van der Waals surface area contributed by atoms with Crippen molar-refractivity contribution in [1.82, 2.24) is 5.32 Å². The summed E-state index contributed by atoms with van der Waals surface area (Å²) in [7, 11) is 1.43. The van der Waals surface area contributed by atoms with Crippen LogP contribution in [0.3, 0.4) is 0 Å². The molecule has 0 aromatic heterocycles. The van der Waals surface area contributed by atoms with Gasteiger partial charge in [-0.3, -0.25) is 4.79 Å². The molecule has 0 bridgehead atoms. The second kappa shape index (κ2) is 9.00. The van der Waals surface area contributed by atoms with Crippen LogP contribution < -0.4 is 5.32 Å². The lowest BCUT2D eigenvalue weighted by Gasteiger charge is -2.02. The van der Waals surface area contributed by atoms with E-state index in [1.54, 1.807) is 0 Å². The van der Waals surface area contributed by atoms with Crippen molar-refractivity contribution in [1.29, 1.82) is 0 Å². The van der Waals surface area contributed by atoms with Crippen LogP contribution in [-0.4, -0.2) is 26.2 Å². The Bertz CT molecular complexity index is 137. The van der Waals surface area contributed by atoms with E-state index in [1.807, 2.05) is 13.8 Å². The lowest BCUT2D eigenvalue weighted by atomic mass is 10.1. The second-order valence-corrected chi connectivity index (χ2v) is 3.27. The van der Waals surface area contributed by atoms with Gasteiger partial charge in [0, 0.05) is 6.54 Å². The number of hydrogen-bond acceptors (Lipinski definition) is 3. The predicted molar refractivity (Wildman–Crippen MR) is 58.2 cm³/mol. The molecule has 0 unspecified atom stereocenters. The van der Waals surface area contributed by atoms with Crippen LogP contribution in [0.5, 0.6) is 0 Å². The van der Waals surface area contributed by atoms with Crippen molar-refractivity contribution in [2.75, 3.05) is 20.2 Å². The van der Waals surface area contributed by atoms with Crippen LogP contribution in [0.2, 0.25) is 0 Å². The molecule has 1 N–H and O–H groups in total. The monoisotopic (exact) mass is 201 g/mol. The summed E-state index contributed by atoms with van der Waals surface area (Å²) >= 11 is 0. The molecule has 1 atom stereocenters. The Kier molecular flexibility index (Phi) is 8.64. The topological polar surface area (TPSA) is 38.3 Å². The van der Waals surface area contributed by atoms with Gasteiger partial charge in [-0.05, 0) is 13.0 Å². The Hall–Kier alpha value is -0.570. The standard InChI is InChI=1S/C6H11NO2.C3H6.C2H6/c1-9-6(8)5-2-3-7-4-5;1-2-3-1;1-2/h5,7H,2-4H2,1H3;1-3H2;1-2H3/t5-;;/m1../s1. The molecule has 1 aliphatic carbocycles. The third-order valence-electron chi connectivity index (χ3n) is 1.95. The third kappa shape index (κ3) is 6.89. The maximum Gasteiger partial charge on any atom is 0.309 e. The Morgan fingerprint density at radius 3 is 2.14 bits per heavy atom. The van der Waals surface area contributed by atoms with Crippen LogP contribution >= 0.6 is 0 Å². The zero-order chi connectivity index (χ0) is 10.8. The quantitative estimate of drug-likeness (QED) is 0.659. The molecule has 14 heavy (non-hydrogen) atoms. The second-order valence-electron chi connectivity index (χ2n) is 3.27. The third-order valence-corrected chi connectivity index (χ3v) is 1.95. The molecule has 2 aliphatic rings. The molecule has 1 saturated carbocycles. The summed E-state index contributed by atoms with van der Waals surface area (Å²) in [5.74, 6) is 0.0231. The van der Waals surface area contributed by atoms with E-state index in [0.717, 1.165) is 19.5 Å². The minimum atomic E-state index is -0.0833. The first-order valence-electron chi connectivity index (χ1n) is 5.63. The first kappa shape index (κ1) is 13.4. The van der Waals surface area contributed by atoms with E-state index in [1.165, 1.54) is 26.4 Å². The highest BCUT2D eigenvalue weighted by molar-refractivity contribution is 5.72. The van der Waals surface area contributed by atoms with E-state index in [-0.39, 0.29) is 11.9 Å². The van der Waals surface area contributed by atoms with Gasteiger partial charge in [0.1, 0.15) is 0 Å². The van der Waals surface area contributed by atoms with Crippen LogP contribution in [-0.2, 0) is 9.53 Å². The number of ether oxygens (including phenoxy) is 1. The van der Waals surface area contributed by atoms with Gasteiger partial charge in [0.25, 0.3) is 0 Å². The fourth-order valence-corrected chi connectivity index (χ4v) is 1.02. The zero-order valence-electron chi connectivity index (χ0n) is 9.64. The molecule has 2 rings (SSSR count). The average molecular weight is 201 g/mol. The van der Waals surface area contributed by atoms with Gasteiger partial charge in [0.05, 0.1) is 13.0 Å². The Labute approximate surface area is 87.2 Å². The highest BCUT2D eigenvalue weighted by atomic mass is 16.5. The summed E-state index contributed by atoms with van der Waals surface area (Å²) in [6, 6.07) is 0. The fourth-order valence-electron chi connectivity index (χ4n) is 1.02. The van der Waals surface area contributed by atoms with Gasteiger partial charge in [-0.15, -0.1) is 0 Å². The highest BCUT2D eigenvalue weighted by Gasteiger charge is 2.22. The predicted octanol–water partition coefficient (Wildman–Crippen LogP) is 1.97. The normalized spacial score (nSPS) is 22.4. The molecule has 0 aromatic rings. The van der Waals surface area contributed by atoms with E-state index < -0.39 is 0 Å². The summed E-state index contributed by atoms with van der Waals surface area (Å²) in [5, 5.41) is 3.09. The Balaban J connectivity index is 0.000000280. The van der Waals surface area contributed by atoms with E-state index in [9.17, 15) is 4.79 Å². The van der Waals surface area contributed by atoms with Gasteiger partial charge in [0.15, 0.2) is 0 Å². The smallest absolute Gasteiger partial charge is 0.309 e. The van der Waals surface area contributed by atoms with Crippen molar-refractivity contribution in [3.8, 4) is 0 Å². The summed E-state index contributed by atoms with van der Waals surface area (Å²) < 4.78 is 4.56. The van der Waals surface area contributed by atoms with Crippen molar-refractivity contribution in [2.24, 2.45) is 5.92 Å². The molecule has 2 fully saturated rings. The summed E-state index contributed by atoms with van der Waals surface area (Å²) in [5.41, 5.74) is 0. The van der Waals surface area contributed by atoms with Gasteiger partial charge in [-0.1, -0.05) is 33.1 Å². The number of hydrogen-bond donors (Lipinski definition) is 1. The minimum Gasteiger partial charge on any atom is -0.469 e. The summed E-state index contributed by atoms with van der Waals surface area (Å²) in [6.45, 7) is 5.73. The fraction of sp³-hybridized carbons (Fsp3) is 0.909. The molecular formula is C11H23NO2. The van der Waals surface area contributed by atoms with Gasteiger partial charge in [-0.25, -0.2) is 0 Å². The van der Waals surface area contributed by atoms with Crippen molar-refractivity contribution in [2.45, 2.75) is 39.5 Å². The first-order chi connectivity index (χ1) is 6.84. The molecule has 0 amide bonds. The van der Waals surface area contributed by atoms with Crippen molar-refractivity contribution in [3.05, 3.63) is 0 Å². The molecule has 1 aliphatic heterocycles. The molecule has 84 valence electrons. The van der Waals surface area contributed by atoms with Crippen LogP contribution in [0.1, 0.15) is 39.5 Å². The molecule has 0 radical (unpaired) electrons. The number of nitrogens with one attached hydrogen (secondary N) is 1. The lowest BCUT2D eigenvalue weighted by Crippen LogP contribution is -2.18. The summed E-state index contributed by atoms with van der Waals surface area (Å²) in [6.07, 6.45) is 5.42.